The molecular formula is C22H27Cl2FN4O2. The summed E-state index contributed by atoms with van der Waals surface area (Å²) in [6, 6.07) is 11.6. The van der Waals surface area contributed by atoms with Gasteiger partial charge in [0, 0.05) is 62.9 Å². The Kier molecular flexibility index (Phi) is 7.29. The first kappa shape index (κ1) is 23.6. The van der Waals surface area contributed by atoms with E-state index in [0.29, 0.717) is 31.9 Å². The molecule has 2 bridgehead atoms. The van der Waals surface area contributed by atoms with Crippen LogP contribution in [0.15, 0.2) is 47.3 Å². The van der Waals surface area contributed by atoms with Gasteiger partial charge in [0.05, 0.1) is 5.69 Å². The second-order valence-electron chi connectivity index (χ2n) is 8.22. The van der Waals surface area contributed by atoms with E-state index in [0.717, 1.165) is 25.2 Å². The Morgan fingerprint density at radius 3 is 2.45 bits per heavy atom. The van der Waals surface area contributed by atoms with E-state index in [4.69, 9.17) is 0 Å². The Morgan fingerprint density at radius 1 is 0.968 bits per heavy atom. The number of benzene rings is 1. The molecule has 31 heavy (non-hydrogen) atoms. The third kappa shape index (κ3) is 4.19. The zero-order chi connectivity index (χ0) is 20.0. The Morgan fingerprint density at radius 2 is 1.71 bits per heavy atom. The van der Waals surface area contributed by atoms with Crippen LogP contribution in [0.2, 0.25) is 0 Å². The van der Waals surface area contributed by atoms with E-state index in [9.17, 15) is 14.0 Å². The Labute approximate surface area is 193 Å². The van der Waals surface area contributed by atoms with Gasteiger partial charge in [-0.15, -0.1) is 24.8 Å². The van der Waals surface area contributed by atoms with E-state index in [2.05, 4.69) is 5.32 Å². The number of hydrogen-bond donors (Lipinski definition) is 1. The van der Waals surface area contributed by atoms with Crippen LogP contribution in [-0.4, -0.2) is 54.6 Å². The van der Waals surface area contributed by atoms with Gasteiger partial charge in [-0.3, -0.25) is 14.2 Å². The van der Waals surface area contributed by atoms with Crippen molar-refractivity contribution >= 4 is 36.4 Å². The molecule has 0 saturated carbocycles. The zero-order valence-corrected chi connectivity index (χ0v) is 18.7. The second kappa shape index (κ2) is 9.59. The number of fused-ring (bicyclic) bond motifs is 4. The highest BCUT2D eigenvalue weighted by molar-refractivity contribution is 5.85. The maximum absolute atomic E-state index is 14.1. The molecule has 1 amide bonds. The van der Waals surface area contributed by atoms with Crippen LogP contribution in [0.4, 0.5) is 10.1 Å². The maximum atomic E-state index is 14.1. The molecule has 168 valence electrons. The number of nitrogens with one attached hydrogen (secondary N) is 1. The highest BCUT2D eigenvalue weighted by atomic mass is 35.5. The first-order valence-corrected chi connectivity index (χ1v) is 10.3. The molecule has 6 nitrogen and oxygen atoms in total. The van der Waals surface area contributed by atoms with Crippen LogP contribution in [0.3, 0.4) is 0 Å². The Balaban J connectivity index is 0.00000136. The van der Waals surface area contributed by atoms with Gasteiger partial charge in [0.2, 0.25) is 5.91 Å². The highest BCUT2D eigenvalue weighted by Crippen LogP contribution is 2.39. The summed E-state index contributed by atoms with van der Waals surface area (Å²) in [7, 11) is 0. The van der Waals surface area contributed by atoms with Crippen molar-refractivity contribution in [2.75, 3.05) is 44.2 Å². The molecule has 2 fully saturated rings. The van der Waals surface area contributed by atoms with Gasteiger partial charge in [0.25, 0.3) is 5.56 Å². The standard InChI is InChI=1S/C22H25FN4O2.2ClH/c23-17-4-1-2-5-19(17)25-8-10-26(11-9-25)22(29)21-16-12-15(13-24-14-16)18-6-3-7-20(28)27(18)21;;/h1-7,15-16,21,24H,8-14H2;2*1H/t15-,16+,21-;;/m1../s1. The van der Waals surface area contributed by atoms with Crippen molar-refractivity contribution in [1.29, 1.82) is 0 Å². The van der Waals surface area contributed by atoms with Gasteiger partial charge >= 0.3 is 0 Å². The van der Waals surface area contributed by atoms with Gasteiger partial charge in [-0.1, -0.05) is 18.2 Å². The normalized spacial score (nSPS) is 24.5. The van der Waals surface area contributed by atoms with Crippen molar-refractivity contribution in [2.24, 2.45) is 5.92 Å². The lowest BCUT2D eigenvalue weighted by Crippen LogP contribution is -2.56. The molecule has 0 aliphatic carbocycles. The monoisotopic (exact) mass is 468 g/mol. The van der Waals surface area contributed by atoms with Crippen molar-refractivity contribution in [3.63, 3.8) is 0 Å². The summed E-state index contributed by atoms with van der Waals surface area (Å²) in [6.07, 6.45) is 0.933. The van der Waals surface area contributed by atoms with Crippen molar-refractivity contribution in [1.82, 2.24) is 14.8 Å². The number of piperazine rings is 1. The summed E-state index contributed by atoms with van der Waals surface area (Å²) in [5, 5.41) is 3.43. The topological polar surface area (TPSA) is 57.6 Å². The number of para-hydroxylation sites is 1. The highest BCUT2D eigenvalue weighted by Gasteiger charge is 2.43. The number of rotatable bonds is 2. The van der Waals surface area contributed by atoms with Crippen LogP contribution in [0.25, 0.3) is 0 Å². The van der Waals surface area contributed by atoms with Crippen LogP contribution >= 0.6 is 24.8 Å². The van der Waals surface area contributed by atoms with Crippen molar-refractivity contribution < 1.29 is 9.18 Å². The molecule has 3 atom stereocenters. The molecular weight excluding hydrogens is 442 g/mol. The number of halogens is 3. The lowest BCUT2D eigenvalue weighted by atomic mass is 9.79. The summed E-state index contributed by atoms with van der Waals surface area (Å²) in [4.78, 5) is 30.0. The number of nitrogens with zero attached hydrogens (tertiary/aromatic N) is 3. The van der Waals surface area contributed by atoms with Crippen LogP contribution < -0.4 is 15.8 Å². The third-order valence-electron chi connectivity index (χ3n) is 6.59. The number of carbonyl (C=O) groups is 1. The van der Waals surface area contributed by atoms with Crippen LogP contribution in [0, 0.1) is 11.7 Å². The van der Waals surface area contributed by atoms with E-state index in [1.54, 1.807) is 28.8 Å². The number of carbonyl (C=O) groups excluding carboxylic acids is 1. The molecule has 5 rings (SSSR count). The molecule has 2 aromatic rings. The van der Waals surface area contributed by atoms with Gasteiger partial charge in [0.15, 0.2) is 0 Å². The van der Waals surface area contributed by atoms with Crippen molar-refractivity contribution in [3.05, 3.63) is 64.3 Å². The lowest BCUT2D eigenvalue weighted by Gasteiger charge is -2.45. The van der Waals surface area contributed by atoms with Crippen LogP contribution in [0.1, 0.15) is 24.1 Å². The summed E-state index contributed by atoms with van der Waals surface area (Å²) in [5.74, 6) is 0.183. The van der Waals surface area contributed by atoms with Gasteiger partial charge < -0.3 is 15.1 Å². The second-order valence-corrected chi connectivity index (χ2v) is 8.22. The van der Waals surface area contributed by atoms with Crippen LogP contribution in [0.5, 0.6) is 0 Å². The van der Waals surface area contributed by atoms with E-state index >= 15 is 0 Å². The van der Waals surface area contributed by atoms with E-state index in [1.165, 1.54) is 6.07 Å². The molecule has 1 aromatic heterocycles. The summed E-state index contributed by atoms with van der Waals surface area (Å²) in [6.45, 7) is 3.84. The first-order valence-electron chi connectivity index (χ1n) is 10.3. The quantitative estimate of drug-likeness (QED) is 0.735. The molecule has 9 heteroatoms. The molecule has 0 spiro atoms. The van der Waals surface area contributed by atoms with E-state index in [1.807, 2.05) is 21.9 Å². The number of hydrogen-bond acceptors (Lipinski definition) is 4. The largest absolute Gasteiger partial charge is 0.366 e. The van der Waals surface area contributed by atoms with Crippen molar-refractivity contribution in [3.8, 4) is 0 Å². The smallest absolute Gasteiger partial charge is 0.251 e. The molecule has 1 N–H and O–H groups in total. The molecule has 3 aliphatic rings. The van der Waals surface area contributed by atoms with Gasteiger partial charge in [-0.2, -0.15) is 0 Å². The molecule has 0 unspecified atom stereocenters. The summed E-state index contributed by atoms with van der Waals surface area (Å²) < 4.78 is 15.8. The summed E-state index contributed by atoms with van der Waals surface area (Å²) in [5.41, 5.74) is 1.45. The van der Waals surface area contributed by atoms with Gasteiger partial charge in [0.1, 0.15) is 11.9 Å². The Hall–Kier alpha value is -2.09. The molecule has 0 radical (unpaired) electrons. The predicted octanol–water partition coefficient (Wildman–Crippen LogP) is 2.43. The minimum absolute atomic E-state index is 0. The Bertz CT molecular complexity index is 993. The molecule has 3 aliphatic heterocycles. The lowest BCUT2D eigenvalue weighted by molar-refractivity contribution is -0.138. The number of aromatic nitrogens is 1. The SMILES string of the molecule is Cl.Cl.O=C([C@H]1[C@@H]2CNC[C@@H](C2)c2cccc(=O)n21)N1CCN(c2ccccc2F)CC1. The number of anilines is 1. The van der Waals surface area contributed by atoms with E-state index < -0.39 is 6.04 Å². The minimum Gasteiger partial charge on any atom is -0.366 e. The zero-order valence-electron chi connectivity index (χ0n) is 17.1. The summed E-state index contributed by atoms with van der Waals surface area (Å²) >= 11 is 0. The van der Waals surface area contributed by atoms with E-state index in [-0.39, 0.29) is 53.9 Å². The fourth-order valence-electron chi connectivity index (χ4n) is 5.17. The minimum atomic E-state index is -0.456. The average Bonchev–Trinajstić information content (AvgIpc) is 2.75. The molecule has 1 aromatic carbocycles. The van der Waals surface area contributed by atoms with Crippen LogP contribution in [-0.2, 0) is 4.79 Å². The number of amides is 1. The fourth-order valence-corrected chi connectivity index (χ4v) is 5.17. The van der Waals surface area contributed by atoms with Gasteiger partial charge in [-0.05, 0) is 24.6 Å². The van der Waals surface area contributed by atoms with Gasteiger partial charge in [-0.25, -0.2) is 4.39 Å². The maximum Gasteiger partial charge on any atom is 0.251 e. The number of piperidine rings is 1. The fraction of sp³-hybridized carbons (Fsp3) is 0.455. The molecule has 2 saturated heterocycles. The average molecular weight is 469 g/mol. The predicted molar refractivity (Wildman–Crippen MR) is 123 cm³/mol. The molecule has 4 heterocycles. The van der Waals surface area contributed by atoms with Crippen molar-refractivity contribution in [2.45, 2.75) is 18.4 Å². The number of pyridine rings is 1. The third-order valence-corrected chi connectivity index (χ3v) is 6.59. The first-order chi connectivity index (χ1) is 14.1.